The monoisotopic (exact) mass is 480 g/mol. The number of nitrogens with zero attached hydrogens (tertiary/aromatic N) is 4. The van der Waals surface area contributed by atoms with Gasteiger partial charge in [0.15, 0.2) is 6.61 Å². The lowest BCUT2D eigenvalue weighted by molar-refractivity contribution is -0.137. The molecule has 2 amide bonds. The maximum absolute atomic E-state index is 12.9. The van der Waals surface area contributed by atoms with Crippen molar-refractivity contribution in [3.8, 4) is 5.75 Å². The number of fused-ring (bicyclic) bond motifs is 1. The molecule has 1 spiro atoms. The number of benzene rings is 2. The van der Waals surface area contributed by atoms with E-state index in [0.29, 0.717) is 36.0 Å². The Hall–Kier alpha value is -2.93. The first-order valence-electron chi connectivity index (χ1n) is 11.8. The van der Waals surface area contributed by atoms with Gasteiger partial charge < -0.3 is 14.5 Å². The quantitative estimate of drug-likeness (QED) is 0.590. The van der Waals surface area contributed by atoms with Crippen LogP contribution in [0.3, 0.4) is 0 Å². The molecule has 0 unspecified atom stereocenters. The Kier molecular flexibility index (Phi) is 6.06. The van der Waals surface area contributed by atoms with Gasteiger partial charge in [-0.2, -0.15) is 10.2 Å². The summed E-state index contributed by atoms with van der Waals surface area (Å²) in [5.74, 6) is 1.01. The van der Waals surface area contributed by atoms with Crippen LogP contribution in [0.15, 0.2) is 46.6 Å². The van der Waals surface area contributed by atoms with Gasteiger partial charge in [0.1, 0.15) is 5.75 Å². The molecule has 5 rings (SSSR count). The van der Waals surface area contributed by atoms with Gasteiger partial charge in [-0.25, -0.2) is 0 Å². The van der Waals surface area contributed by atoms with Gasteiger partial charge in [0.25, 0.3) is 11.8 Å². The fourth-order valence-corrected chi connectivity index (χ4v) is 5.26. The van der Waals surface area contributed by atoms with Crippen LogP contribution in [0.25, 0.3) is 0 Å². The van der Waals surface area contributed by atoms with Gasteiger partial charge >= 0.3 is 0 Å². The Morgan fingerprint density at radius 3 is 2.59 bits per heavy atom. The van der Waals surface area contributed by atoms with Crippen LogP contribution in [-0.2, 0) is 11.3 Å². The SMILES string of the molecule is CC(C)c1cc(Cl)ccc1OCC(=O)N1CCC2(CC1)CN(C(=O)c1ccc3c(c1)N=NC3)C2. The third kappa shape index (κ3) is 4.41. The summed E-state index contributed by atoms with van der Waals surface area (Å²) in [6.45, 7) is 7.64. The minimum atomic E-state index is -0.000864. The van der Waals surface area contributed by atoms with Crippen LogP contribution in [-0.4, -0.2) is 54.4 Å². The smallest absolute Gasteiger partial charge is 0.260 e. The van der Waals surface area contributed by atoms with Crippen molar-refractivity contribution in [1.82, 2.24) is 9.80 Å². The lowest BCUT2D eigenvalue weighted by atomic mass is 9.71. The van der Waals surface area contributed by atoms with Crippen LogP contribution >= 0.6 is 11.6 Å². The highest BCUT2D eigenvalue weighted by Gasteiger charge is 2.47. The highest BCUT2D eigenvalue weighted by atomic mass is 35.5. The van der Waals surface area contributed by atoms with E-state index in [2.05, 4.69) is 24.1 Å². The molecular formula is C26H29ClN4O3. The summed E-state index contributed by atoms with van der Waals surface area (Å²) < 4.78 is 5.87. The number of piperidine rings is 1. The van der Waals surface area contributed by atoms with Gasteiger partial charge in [-0.3, -0.25) is 9.59 Å². The number of likely N-dealkylation sites (tertiary alicyclic amines) is 2. The number of amides is 2. The topological polar surface area (TPSA) is 74.6 Å². The number of hydrogen-bond acceptors (Lipinski definition) is 5. The van der Waals surface area contributed by atoms with Gasteiger partial charge in [0, 0.05) is 47.7 Å². The number of azo groups is 1. The molecule has 2 fully saturated rings. The maximum atomic E-state index is 12.9. The van der Waals surface area contributed by atoms with Crippen LogP contribution < -0.4 is 4.74 Å². The molecule has 0 aliphatic carbocycles. The molecule has 8 heteroatoms. The highest BCUT2D eigenvalue weighted by molar-refractivity contribution is 6.30. The van der Waals surface area contributed by atoms with Crippen molar-refractivity contribution in [2.45, 2.75) is 39.2 Å². The standard InChI is InChI=1S/C26H29ClN4O3/c1-17(2)21-12-20(27)5-6-23(21)34-14-24(32)30-9-7-26(8-10-30)15-31(16-26)25(33)18-3-4-19-13-28-29-22(19)11-18/h3-6,11-12,17H,7-10,13-16H2,1-2H3. The summed E-state index contributed by atoms with van der Waals surface area (Å²) in [4.78, 5) is 29.5. The fraction of sp³-hybridized carbons (Fsp3) is 0.462. The molecular weight excluding hydrogens is 452 g/mol. The second-order valence-corrected chi connectivity index (χ2v) is 10.3. The van der Waals surface area contributed by atoms with E-state index in [1.165, 1.54) is 0 Å². The van der Waals surface area contributed by atoms with E-state index in [-0.39, 0.29) is 29.8 Å². The van der Waals surface area contributed by atoms with Crippen molar-refractivity contribution in [1.29, 1.82) is 0 Å². The van der Waals surface area contributed by atoms with E-state index >= 15 is 0 Å². The molecule has 0 N–H and O–H groups in total. The van der Waals surface area contributed by atoms with Gasteiger partial charge in [-0.1, -0.05) is 31.5 Å². The molecule has 3 heterocycles. The Labute approximate surface area is 204 Å². The zero-order valence-corrected chi connectivity index (χ0v) is 20.3. The minimum Gasteiger partial charge on any atom is -0.483 e. The number of halogens is 1. The number of carbonyl (C=O) groups is 2. The molecule has 0 radical (unpaired) electrons. The number of hydrogen-bond donors (Lipinski definition) is 0. The van der Waals surface area contributed by atoms with Crippen molar-refractivity contribution in [3.05, 3.63) is 58.1 Å². The summed E-state index contributed by atoms with van der Waals surface area (Å²) in [5.41, 5.74) is 3.65. The van der Waals surface area contributed by atoms with Gasteiger partial charge in [0.05, 0.1) is 12.2 Å². The molecule has 0 bridgehead atoms. The predicted molar refractivity (Wildman–Crippen MR) is 130 cm³/mol. The molecule has 0 aromatic heterocycles. The highest BCUT2D eigenvalue weighted by Crippen LogP contribution is 2.41. The minimum absolute atomic E-state index is 0.000864. The average Bonchev–Trinajstić information content (AvgIpc) is 3.29. The Balaban J connectivity index is 1.11. The van der Waals surface area contributed by atoms with Crippen molar-refractivity contribution in [2.75, 3.05) is 32.8 Å². The molecule has 2 saturated heterocycles. The van der Waals surface area contributed by atoms with Crippen LogP contribution in [0.2, 0.25) is 5.02 Å². The molecule has 3 aliphatic heterocycles. The van der Waals surface area contributed by atoms with E-state index in [9.17, 15) is 9.59 Å². The number of carbonyl (C=O) groups excluding carboxylic acids is 2. The molecule has 3 aliphatic rings. The number of ether oxygens (including phenoxy) is 1. The van der Waals surface area contributed by atoms with E-state index < -0.39 is 0 Å². The lowest BCUT2D eigenvalue weighted by Crippen LogP contribution is -2.62. The van der Waals surface area contributed by atoms with Crippen LogP contribution in [0.5, 0.6) is 5.75 Å². The molecule has 34 heavy (non-hydrogen) atoms. The zero-order chi connectivity index (χ0) is 23.9. The van der Waals surface area contributed by atoms with Gasteiger partial charge in [0.2, 0.25) is 0 Å². The number of rotatable bonds is 5. The normalized spacial score (nSPS) is 18.2. The molecule has 0 saturated carbocycles. The van der Waals surface area contributed by atoms with Crippen molar-refractivity contribution >= 4 is 29.1 Å². The lowest BCUT2D eigenvalue weighted by Gasteiger charge is -2.54. The van der Waals surface area contributed by atoms with Crippen molar-refractivity contribution in [2.24, 2.45) is 15.6 Å². The third-order valence-electron chi connectivity index (χ3n) is 7.21. The van der Waals surface area contributed by atoms with Crippen LogP contribution in [0, 0.1) is 5.41 Å². The Morgan fingerprint density at radius 2 is 1.85 bits per heavy atom. The molecule has 2 aromatic rings. The van der Waals surface area contributed by atoms with Crippen molar-refractivity contribution in [3.63, 3.8) is 0 Å². The molecule has 2 aromatic carbocycles. The van der Waals surface area contributed by atoms with Crippen LogP contribution in [0.4, 0.5) is 5.69 Å². The largest absolute Gasteiger partial charge is 0.483 e. The average molecular weight is 481 g/mol. The van der Waals surface area contributed by atoms with E-state index in [0.717, 1.165) is 42.7 Å². The first-order valence-corrected chi connectivity index (χ1v) is 12.2. The van der Waals surface area contributed by atoms with E-state index in [4.69, 9.17) is 16.3 Å². The first kappa shape index (κ1) is 22.8. The van der Waals surface area contributed by atoms with E-state index in [1.807, 2.05) is 40.1 Å². The zero-order valence-electron chi connectivity index (χ0n) is 19.6. The Morgan fingerprint density at radius 1 is 1.09 bits per heavy atom. The summed E-state index contributed by atoms with van der Waals surface area (Å²) in [5, 5.41) is 8.79. The first-order chi connectivity index (χ1) is 16.3. The molecule has 178 valence electrons. The summed E-state index contributed by atoms with van der Waals surface area (Å²) in [7, 11) is 0. The summed E-state index contributed by atoms with van der Waals surface area (Å²) in [6, 6.07) is 11.2. The summed E-state index contributed by atoms with van der Waals surface area (Å²) >= 11 is 6.11. The Bertz CT molecular complexity index is 1150. The second kappa shape index (κ2) is 9.02. The maximum Gasteiger partial charge on any atom is 0.260 e. The molecule has 7 nitrogen and oxygen atoms in total. The molecule has 0 atom stereocenters. The van der Waals surface area contributed by atoms with Gasteiger partial charge in [-0.05, 0) is 54.7 Å². The van der Waals surface area contributed by atoms with Crippen molar-refractivity contribution < 1.29 is 14.3 Å². The second-order valence-electron chi connectivity index (χ2n) is 9.91. The predicted octanol–water partition coefficient (Wildman–Crippen LogP) is 5.20. The van der Waals surface area contributed by atoms with Crippen LogP contribution in [0.1, 0.15) is 54.1 Å². The summed E-state index contributed by atoms with van der Waals surface area (Å²) in [6.07, 6.45) is 1.80. The fourth-order valence-electron chi connectivity index (χ4n) is 5.08. The third-order valence-corrected chi connectivity index (χ3v) is 7.45. The van der Waals surface area contributed by atoms with Gasteiger partial charge in [-0.15, -0.1) is 0 Å². The van der Waals surface area contributed by atoms with E-state index in [1.54, 1.807) is 6.07 Å².